The number of hydrogen-bond acceptors (Lipinski definition) is 5. The van der Waals surface area contributed by atoms with Crippen LogP contribution in [0.4, 0.5) is 8.78 Å². The lowest BCUT2D eigenvalue weighted by Crippen LogP contribution is -2.51. The molecule has 4 rings (SSSR count). The molecule has 6 nitrogen and oxygen atoms in total. The summed E-state index contributed by atoms with van der Waals surface area (Å²) in [5, 5.41) is 14.0. The minimum Gasteiger partial charge on any atom is -0.485 e. The molecule has 0 aliphatic rings. The number of carbonyl (C=O) groups excluding carboxylic acids is 1. The van der Waals surface area contributed by atoms with E-state index in [9.17, 15) is 23.5 Å². The Morgan fingerprint density at radius 1 is 1.18 bits per heavy atom. The number of halogens is 3. The topological polar surface area (TPSA) is 88.5 Å². The smallest absolute Gasteiger partial charge is 0.329 e. The first kappa shape index (κ1) is 23.8. The van der Waals surface area contributed by atoms with Crippen LogP contribution < -0.4 is 10.1 Å². The van der Waals surface area contributed by atoms with Gasteiger partial charge in [0.2, 0.25) is 0 Å². The lowest BCUT2D eigenvalue weighted by Gasteiger charge is -2.25. The number of ether oxygens (including phenoxy) is 1. The van der Waals surface area contributed by atoms with Gasteiger partial charge in [0.05, 0.1) is 15.8 Å². The van der Waals surface area contributed by atoms with Crippen molar-refractivity contribution in [2.24, 2.45) is 0 Å². The summed E-state index contributed by atoms with van der Waals surface area (Å²) in [5.41, 5.74) is -1.14. The third kappa shape index (κ3) is 4.41. The van der Waals surface area contributed by atoms with Crippen molar-refractivity contribution in [3.63, 3.8) is 0 Å². The highest BCUT2D eigenvalue weighted by Crippen LogP contribution is 2.36. The summed E-state index contributed by atoms with van der Waals surface area (Å²) in [7, 11) is 0. The van der Waals surface area contributed by atoms with Crippen molar-refractivity contribution >= 4 is 55.8 Å². The van der Waals surface area contributed by atoms with E-state index in [0.29, 0.717) is 31.0 Å². The van der Waals surface area contributed by atoms with Crippen LogP contribution >= 0.6 is 22.9 Å². The van der Waals surface area contributed by atoms with Crippen LogP contribution in [0.3, 0.4) is 0 Å². The first-order valence-electron chi connectivity index (χ1n) is 10.3. The normalized spacial score (nSPS) is 13.1. The number of fused-ring (bicyclic) bond motifs is 2. The zero-order valence-electron chi connectivity index (χ0n) is 18.1. The van der Waals surface area contributed by atoms with E-state index in [2.05, 4.69) is 10.3 Å². The second kappa shape index (κ2) is 9.15. The number of carboxylic acids is 1. The second-order valence-electron chi connectivity index (χ2n) is 7.86. The third-order valence-corrected chi connectivity index (χ3v) is 6.88. The summed E-state index contributed by atoms with van der Waals surface area (Å²) in [6.45, 7) is 2.98. The Balaban J connectivity index is 1.74. The minimum atomic E-state index is -1.49. The molecule has 1 aromatic heterocycles. The molecule has 34 heavy (non-hydrogen) atoms. The third-order valence-electron chi connectivity index (χ3n) is 5.57. The summed E-state index contributed by atoms with van der Waals surface area (Å²) in [6, 6.07) is 10.5. The number of nitrogens with zero attached hydrogens (tertiary/aromatic N) is 1. The highest BCUT2D eigenvalue weighted by molar-refractivity contribution is 7.18. The largest absolute Gasteiger partial charge is 0.485 e. The summed E-state index contributed by atoms with van der Waals surface area (Å²) >= 11 is 7.55. The van der Waals surface area contributed by atoms with Gasteiger partial charge in [-0.1, -0.05) is 42.8 Å². The molecule has 0 bridgehead atoms. The maximum Gasteiger partial charge on any atom is 0.329 e. The Hall–Kier alpha value is -3.30. The van der Waals surface area contributed by atoms with Crippen molar-refractivity contribution in [2.75, 3.05) is 0 Å². The Morgan fingerprint density at radius 3 is 2.53 bits per heavy atom. The van der Waals surface area contributed by atoms with Crippen LogP contribution in [0.1, 0.15) is 35.6 Å². The van der Waals surface area contributed by atoms with Crippen LogP contribution in [0.15, 0.2) is 42.5 Å². The van der Waals surface area contributed by atoms with Gasteiger partial charge in [-0.15, -0.1) is 11.3 Å². The van der Waals surface area contributed by atoms with Crippen molar-refractivity contribution in [3.8, 4) is 5.75 Å². The van der Waals surface area contributed by atoms with E-state index in [0.717, 1.165) is 23.5 Å². The van der Waals surface area contributed by atoms with Gasteiger partial charge < -0.3 is 15.2 Å². The number of rotatable bonds is 7. The molecular formula is C24H19ClF2N2O4S. The van der Waals surface area contributed by atoms with Crippen molar-refractivity contribution in [3.05, 3.63) is 69.7 Å². The van der Waals surface area contributed by atoms with Gasteiger partial charge in [0.1, 0.15) is 22.9 Å². The molecule has 0 radical (unpaired) electrons. The van der Waals surface area contributed by atoms with Gasteiger partial charge in [-0.3, -0.25) is 4.79 Å². The van der Waals surface area contributed by atoms with Crippen LogP contribution in [0.5, 0.6) is 5.75 Å². The molecule has 2 N–H and O–H groups in total. The zero-order valence-corrected chi connectivity index (χ0v) is 19.7. The number of thiazole rings is 1. The molecule has 0 aliphatic heterocycles. The molecule has 0 spiro atoms. The molecule has 0 aliphatic carbocycles. The Labute approximate surface area is 202 Å². The van der Waals surface area contributed by atoms with E-state index in [-0.39, 0.29) is 24.3 Å². The van der Waals surface area contributed by atoms with E-state index in [1.165, 1.54) is 13.0 Å². The number of carboxylic acid groups (broad SMARTS) is 1. The second-order valence-corrected chi connectivity index (χ2v) is 9.38. The molecule has 4 aromatic rings. The number of amides is 1. The molecular weight excluding hydrogens is 486 g/mol. The quantitative estimate of drug-likeness (QED) is 0.325. The van der Waals surface area contributed by atoms with Gasteiger partial charge in [-0.25, -0.2) is 18.6 Å². The number of benzene rings is 3. The highest BCUT2D eigenvalue weighted by atomic mass is 35.5. The van der Waals surface area contributed by atoms with Crippen LogP contribution in [-0.2, 0) is 11.4 Å². The number of hydrogen-bond donors (Lipinski definition) is 2. The molecule has 0 saturated heterocycles. The predicted molar refractivity (Wildman–Crippen MR) is 127 cm³/mol. The SMILES string of the molecule is CCC(C)(NC(=O)c1cc(Cl)c2ccccc2c1OCc1nc2cc(F)c(F)cc2s1)C(=O)O. The monoisotopic (exact) mass is 504 g/mol. The first-order valence-corrected chi connectivity index (χ1v) is 11.5. The standard InChI is InChI=1S/C24H19ClF2N2O4S/c1-3-24(2,23(31)32)29-22(30)14-8-15(25)12-6-4-5-7-13(12)21(14)33-11-20-28-18-9-16(26)17(27)10-19(18)34-20/h4-10H,3,11H2,1-2H3,(H,29,30)(H,31,32). The maximum absolute atomic E-state index is 13.6. The Morgan fingerprint density at radius 2 is 1.85 bits per heavy atom. The fourth-order valence-electron chi connectivity index (χ4n) is 3.41. The lowest BCUT2D eigenvalue weighted by molar-refractivity contribution is -0.143. The predicted octanol–water partition coefficient (Wildman–Crippen LogP) is 5.94. The van der Waals surface area contributed by atoms with Crippen LogP contribution in [-0.4, -0.2) is 27.5 Å². The summed E-state index contributed by atoms with van der Waals surface area (Å²) in [6.07, 6.45) is 0.157. The van der Waals surface area contributed by atoms with E-state index in [1.54, 1.807) is 31.2 Å². The van der Waals surface area contributed by atoms with E-state index < -0.39 is 29.0 Å². The molecule has 1 amide bonds. The van der Waals surface area contributed by atoms with Gasteiger partial charge in [0.15, 0.2) is 11.6 Å². The van der Waals surface area contributed by atoms with E-state index in [1.807, 2.05) is 0 Å². The van der Waals surface area contributed by atoms with Gasteiger partial charge in [0.25, 0.3) is 5.91 Å². The van der Waals surface area contributed by atoms with Crippen molar-refractivity contribution in [2.45, 2.75) is 32.4 Å². The molecule has 1 unspecified atom stereocenters. The van der Waals surface area contributed by atoms with Crippen LogP contribution in [0, 0.1) is 11.6 Å². The van der Waals surface area contributed by atoms with Gasteiger partial charge in [-0.05, 0) is 25.5 Å². The molecule has 0 fully saturated rings. The van der Waals surface area contributed by atoms with Crippen LogP contribution in [0.2, 0.25) is 5.02 Å². The van der Waals surface area contributed by atoms with E-state index >= 15 is 0 Å². The van der Waals surface area contributed by atoms with Crippen molar-refractivity contribution < 1.29 is 28.2 Å². The molecule has 1 heterocycles. The maximum atomic E-state index is 13.6. The number of nitrogens with one attached hydrogen (secondary N) is 1. The zero-order chi connectivity index (χ0) is 24.6. The summed E-state index contributed by atoms with van der Waals surface area (Å²) in [5.74, 6) is -3.61. The minimum absolute atomic E-state index is 0.0582. The number of aliphatic carboxylic acids is 1. The number of carbonyl (C=O) groups is 2. The molecule has 10 heteroatoms. The molecule has 0 saturated carbocycles. The Bertz CT molecular complexity index is 1400. The highest BCUT2D eigenvalue weighted by Gasteiger charge is 2.34. The van der Waals surface area contributed by atoms with Gasteiger partial charge in [-0.2, -0.15) is 0 Å². The van der Waals surface area contributed by atoms with Gasteiger partial charge >= 0.3 is 5.97 Å². The van der Waals surface area contributed by atoms with Crippen molar-refractivity contribution in [1.82, 2.24) is 10.3 Å². The summed E-state index contributed by atoms with van der Waals surface area (Å²) < 4.78 is 33.6. The molecule has 176 valence electrons. The molecule has 3 aromatic carbocycles. The Kier molecular flexibility index (Phi) is 6.42. The fraction of sp³-hybridized carbons (Fsp3) is 0.208. The average Bonchev–Trinajstić information content (AvgIpc) is 3.19. The molecule has 1 atom stereocenters. The van der Waals surface area contributed by atoms with E-state index in [4.69, 9.17) is 16.3 Å². The van der Waals surface area contributed by atoms with Crippen molar-refractivity contribution in [1.29, 1.82) is 0 Å². The summed E-state index contributed by atoms with van der Waals surface area (Å²) in [4.78, 5) is 29.1. The van der Waals surface area contributed by atoms with Gasteiger partial charge in [0, 0.05) is 21.9 Å². The van der Waals surface area contributed by atoms with Crippen LogP contribution in [0.25, 0.3) is 21.0 Å². The average molecular weight is 505 g/mol. The fourth-order valence-corrected chi connectivity index (χ4v) is 4.57. The number of aromatic nitrogens is 1. The lowest BCUT2D eigenvalue weighted by atomic mass is 9.97. The first-order chi connectivity index (χ1) is 16.1.